The number of aryl methyl sites for hydroxylation is 2. The molecule has 110 valence electrons. The summed E-state index contributed by atoms with van der Waals surface area (Å²) in [6, 6.07) is 2.11. The zero-order chi connectivity index (χ0) is 15.2. The number of anilines is 1. The van der Waals surface area contributed by atoms with Crippen molar-refractivity contribution in [2.24, 2.45) is 0 Å². The molecule has 1 N–H and O–H groups in total. The van der Waals surface area contributed by atoms with Crippen LogP contribution in [0.1, 0.15) is 29.8 Å². The van der Waals surface area contributed by atoms with E-state index in [2.05, 4.69) is 26.7 Å². The Morgan fingerprint density at radius 2 is 2.33 bits per heavy atom. The summed E-state index contributed by atoms with van der Waals surface area (Å²) in [5.41, 5.74) is 4.57. The first-order valence-corrected chi connectivity index (χ1v) is 7.45. The molecule has 0 aliphatic carbocycles. The van der Waals surface area contributed by atoms with Crippen molar-refractivity contribution in [2.75, 3.05) is 5.32 Å². The van der Waals surface area contributed by atoms with Gasteiger partial charge in [-0.05, 0) is 25.8 Å². The summed E-state index contributed by atoms with van der Waals surface area (Å²) in [4.78, 5) is 11.8. The molecule has 0 unspecified atom stereocenters. The summed E-state index contributed by atoms with van der Waals surface area (Å²) in [6.45, 7) is 4.48. The summed E-state index contributed by atoms with van der Waals surface area (Å²) in [5.74, 6) is -0.0877. The minimum absolute atomic E-state index is 0.0877. The predicted molar refractivity (Wildman–Crippen MR) is 78.8 cm³/mol. The van der Waals surface area contributed by atoms with Gasteiger partial charge in [0.2, 0.25) is 11.0 Å². The predicted octanol–water partition coefficient (Wildman–Crippen LogP) is 1.84. The molecule has 2 aromatic rings. The molecule has 21 heavy (non-hydrogen) atoms. The smallest absolute Gasteiger partial charge is 0.226 e. The molecule has 0 atom stereocenters. The standard InChI is InChI=1S/C13H16N6OS/c1-9-11(10(2)19(18-9)7-3-6-14)4-5-12(20)16-13-17-15-8-21-13/h8H,3-5,7H2,1-2H3,(H,16,17,20). The Kier molecular flexibility index (Phi) is 5.00. The quantitative estimate of drug-likeness (QED) is 0.878. The van der Waals surface area contributed by atoms with Crippen molar-refractivity contribution >= 4 is 22.4 Å². The molecule has 1 amide bonds. The lowest BCUT2D eigenvalue weighted by Crippen LogP contribution is -2.12. The highest BCUT2D eigenvalue weighted by molar-refractivity contribution is 7.13. The molecule has 0 bridgehead atoms. The van der Waals surface area contributed by atoms with E-state index in [1.54, 1.807) is 5.51 Å². The van der Waals surface area contributed by atoms with Crippen molar-refractivity contribution in [1.29, 1.82) is 5.26 Å². The van der Waals surface area contributed by atoms with Gasteiger partial charge < -0.3 is 5.32 Å². The zero-order valence-corrected chi connectivity index (χ0v) is 12.8. The van der Waals surface area contributed by atoms with E-state index < -0.39 is 0 Å². The Balaban J connectivity index is 1.95. The van der Waals surface area contributed by atoms with Crippen LogP contribution in [0.4, 0.5) is 5.13 Å². The second kappa shape index (κ2) is 6.95. The number of nitriles is 1. The molecule has 0 aliphatic heterocycles. The van der Waals surface area contributed by atoms with Crippen LogP contribution in [-0.2, 0) is 17.8 Å². The summed E-state index contributed by atoms with van der Waals surface area (Å²) in [6.07, 6.45) is 1.42. The number of amides is 1. The van der Waals surface area contributed by atoms with E-state index in [0.29, 0.717) is 30.9 Å². The molecule has 0 aromatic carbocycles. The van der Waals surface area contributed by atoms with Crippen LogP contribution in [0, 0.1) is 25.2 Å². The molecule has 0 saturated heterocycles. The van der Waals surface area contributed by atoms with Crippen molar-refractivity contribution < 1.29 is 4.79 Å². The van der Waals surface area contributed by atoms with E-state index >= 15 is 0 Å². The van der Waals surface area contributed by atoms with Gasteiger partial charge >= 0.3 is 0 Å². The Hall–Kier alpha value is -2.27. The number of hydrogen-bond acceptors (Lipinski definition) is 6. The Bertz CT molecular complexity index is 655. The average Bonchev–Trinajstić information content (AvgIpc) is 3.04. The molecule has 0 saturated carbocycles. The molecule has 8 heteroatoms. The fraction of sp³-hybridized carbons (Fsp3) is 0.462. The molecule has 2 rings (SSSR count). The van der Waals surface area contributed by atoms with Gasteiger partial charge in [-0.3, -0.25) is 9.48 Å². The second-order valence-electron chi connectivity index (χ2n) is 4.57. The molecule has 0 spiro atoms. The van der Waals surface area contributed by atoms with Gasteiger partial charge in [0, 0.05) is 12.1 Å². The molecule has 0 fully saturated rings. The maximum atomic E-state index is 11.8. The highest BCUT2D eigenvalue weighted by Gasteiger charge is 2.13. The van der Waals surface area contributed by atoms with Crippen molar-refractivity contribution in [3.63, 3.8) is 0 Å². The fourth-order valence-corrected chi connectivity index (χ4v) is 2.58. The number of hydrogen-bond donors (Lipinski definition) is 1. The molecule has 2 heterocycles. The molecule has 2 aromatic heterocycles. The van der Waals surface area contributed by atoms with Crippen molar-refractivity contribution in [2.45, 2.75) is 39.7 Å². The first-order chi connectivity index (χ1) is 10.1. The van der Waals surface area contributed by atoms with E-state index in [1.807, 2.05) is 18.5 Å². The summed E-state index contributed by atoms with van der Waals surface area (Å²) < 4.78 is 1.83. The number of nitrogens with zero attached hydrogens (tertiary/aromatic N) is 5. The van der Waals surface area contributed by atoms with Crippen molar-refractivity contribution in [3.8, 4) is 6.07 Å². The maximum absolute atomic E-state index is 11.8. The van der Waals surface area contributed by atoms with E-state index in [4.69, 9.17) is 5.26 Å². The third kappa shape index (κ3) is 3.86. The third-order valence-corrected chi connectivity index (χ3v) is 3.78. The van der Waals surface area contributed by atoms with E-state index in [-0.39, 0.29) is 5.91 Å². The highest BCUT2D eigenvalue weighted by Crippen LogP contribution is 2.16. The van der Waals surface area contributed by atoms with Gasteiger partial charge in [-0.1, -0.05) is 11.3 Å². The van der Waals surface area contributed by atoms with Gasteiger partial charge in [0.05, 0.1) is 24.7 Å². The van der Waals surface area contributed by atoms with Gasteiger partial charge in [-0.25, -0.2) is 0 Å². The van der Waals surface area contributed by atoms with Crippen LogP contribution in [0.25, 0.3) is 0 Å². The van der Waals surface area contributed by atoms with Crippen molar-refractivity contribution in [3.05, 3.63) is 22.5 Å². The van der Waals surface area contributed by atoms with Gasteiger partial charge in [0.1, 0.15) is 5.51 Å². The highest BCUT2D eigenvalue weighted by atomic mass is 32.1. The van der Waals surface area contributed by atoms with Crippen LogP contribution in [0.15, 0.2) is 5.51 Å². The van der Waals surface area contributed by atoms with Gasteiger partial charge in [-0.2, -0.15) is 10.4 Å². The van der Waals surface area contributed by atoms with Crippen LogP contribution < -0.4 is 5.32 Å². The van der Waals surface area contributed by atoms with E-state index in [1.165, 1.54) is 11.3 Å². The molecule has 0 radical (unpaired) electrons. The van der Waals surface area contributed by atoms with Crippen LogP contribution in [-0.4, -0.2) is 25.9 Å². The largest absolute Gasteiger partial charge is 0.301 e. The maximum Gasteiger partial charge on any atom is 0.226 e. The normalized spacial score (nSPS) is 10.3. The first-order valence-electron chi connectivity index (χ1n) is 6.57. The lowest BCUT2D eigenvalue weighted by atomic mass is 10.1. The molecule has 7 nitrogen and oxygen atoms in total. The van der Waals surface area contributed by atoms with Crippen molar-refractivity contribution in [1.82, 2.24) is 20.0 Å². The van der Waals surface area contributed by atoms with Crippen LogP contribution in [0.2, 0.25) is 0 Å². The lowest BCUT2D eigenvalue weighted by molar-refractivity contribution is -0.116. The minimum Gasteiger partial charge on any atom is -0.301 e. The number of carbonyl (C=O) groups is 1. The second-order valence-corrected chi connectivity index (χ2v) is 5.41. The Morgan fingerprint density at radius 3 is 3.00 bits per heavy atom. The fourth-order valence-electron chi connectivity index (χ4n) is 2.12. The topological polar surface area (TPSA) is 96.5 Å². The van der Waals surface area contributed by atoms with Crippen LogP contribution in [0.5, 0.6) is 0 Å². The number of carbonyl (C=O) groups excluding carboxylic acids is 1. The minimum atomic E-state index is -0.0877. The monoisotopic (exact) mass is 304 g/mol. The zero-order valence-electron chi connectivity index (χ0n) is 12.0. The number of nitrogens with one attached hydrogen (secondary N) is 1. The number of aromatic nitrogens is 4. The first kappa shape index (κ1) is 15.1. The summed E-state index contributed by atoms with van der Waals surface area (Å²) in [7, 11) is 0. The summed E-state index contributed by atoms with van der Waals surface area (Å²) in [5, 5.41) is 23.7. The van der Waals surface area contributed by atoms with Crippen LogP contribution >= 0.6 is 11.3 Å². The SMILES string of the molecule is Cc1nn(CCC#N)c(C)c1CCC(=O)Nc1nncs1. The Morgan fingerprint density at radius 1 is 1.52 bits per heavy atom. The van der Waals surface area contributed by atoms with Gasteiger partial charge in [0.25, 0.3) is 0 Å². The Labute approximate surface area is 126 Å². The number of rotatable bonds is 6. The van der Waals surface area contributed by atoms with E-state index in [9.17, 15) is 4.79 Å². The summed E-state index contributed by atoms with van der Waals surface area (Å²) >= 11 is 1.29. The van der Waals surface area contributed by atoms with Gasteiger partial charge in [-0.15, -0.1) is 10.2 Å². The average molecular weight is 304 g/mol. The van der Waals surface area contributed by atoms with Crippen LogP contribution in [0.3, 0.4) is 0 Å². The molecular weight excluding hydrogens is 288 g/mol. The van der Waals surface area contributed by atoms with Gasteiger partial charge in [0.15, 0.2) is 0 Å². The van der Waals surface area contributed by atoms with E-state index in [0.717, 1.165) is 17.0 Å². The molecule has 0 aliphatic rings. The third-order valence-electron chi connectivity index (χ3n) is 3.18. The molecular formula is C13H16N6OS. The lowest BCUT2D eigenvalue weighted by Gasteiger charge is -2.04.